The van der Waals surface area contributed by atoms with Gasteiger partial charge in [-0.15, -0.1) is 4.80 Å². The van der Waals surface area contributed by atoms with E-state index in [9.17, 15) is 13.2 Å². The number of thioether (sulfide) groups is 1. The quantitative estimate of drug-likeness (QED) is 0.772. The van der Waals surface area contributed by atoms with Crippen LogP contribution in [0.1, 0.15) is 11.3 Å². The number of nitriles is 1. The summed E-state index contributed by atoms with van der Waals surface area (Å²) in [6, 6.07) is 1.52. The lowest BCUT2D eigenvalue weighted by Gasteiger charge is -2.11. The molecule has 110 valence electrons. The molecule has 2 aromatic rings. The van der Waals surface area contributed by atoms with Gasteiger partial charge in [0, 0.05) is 0 Å². The van der Waals surface area contributed by atoms with Crippen LogP contribution in [0.2, 0.25) is 10.0 Å². The van der Waals surface area contributed by atoms with Crippen molar-refractivity contribution < 1.29 is 13.2 Å². The summed E-state index contributed by atoms with van der Waals surface area (Å²) in [7, 11) is 0. The molecule has 0 radical (unpaired) electrons. The molecular formula is C11H5Cl2F3N4S. The van der Waals surface area contributed by atoms with Gasteiger partial charge in [-0.25, -0.2) is 0 Å². The van der Waals surface area contributed by atoms with E-state index in [1.165, 1.54) is 6.20 Å². The van der Waals surface area contributed by atoms with Crippen LogP contribution < -0.4 is 0 Å². The Hall–Kier alpha value is -1.43. The van der Waals surface area contributed by atoms with Crippen LogP contribution in [0, 0.1) is 10.7 Å². The number of hydrogen-bond donors (Lipinski definition) is 0. The minimum absolute atomic E-state index is 0.0551. The van der Waals surface area contributed by atoms with Crippen molar-refractivity contribution in [1.82, 2.24) is 15.0 Å². The van der Waals surface area contributed by atoms with Gasteiger partial charge in [-0.3, -0.25) is 0 Å². The Kier molecular flexibility index (Phi) is 4.66. The summed E-state index contributed by atoms with van der Waals surface area (Å²) in [6.45, 7) is 0. The lowest BCUT2D eigenvalue weighted by atomic mass is 10.2. The highest BCUT2D eigenvalue weighted by Crippen LogP contribution is 2.37. The first kappa shape index (κ1) is 15.9. The molecule has 2 rings (SSSR count). The number of halogens is 5. The maximum Gasteiger partial charge on any atom is 0.416 e. The average Bonchev–Trinajstić information content (AvgIpc) is 2.83. The van der Waals surface area contributed by atoms with Gasteiger partial charge < -0.3 is 0 Å². The molecule has 0 atom stereocenters. The van der Waals surface area contributed by atoms with E-state index in [-0.39, 0.29) is 15.7 Å². The fourth-order valence-electron chi connectivity index (χ4n) is 1.49. The summed E-state index contributed by atoms with van der Waals surface area (Å²) >= 11 is 12.7. The van der Waals surface area contributed by atoms with Crippen LogP contribution in [0.5, 0.6) is 0 Å². The Labute approximate surface area is 131 Å². The summed E-state index contributed by atoms with van der Waals surface area (Å²) in [4.78, 5) is 1.04. The number of benzene rings is 1. The molecule has 10 heteroatoms. The largest absolute Gasteiger partial charge is 0.416 e. The molecule has 1 aromatic carbocycles. The number of hydrogen-bond acceptors (Lipinski definition) is 4. The van der Waals surface area contributed by atoms with Crippen LogP contribution >= 0.6 is 35.0 Å². The minimum atomic E-state index is -4.54. The molecule has 0 amide bonds. The Morgan fingerprint density at radius 3 is 2.43 bits per heavy atom. The highest BCUT2D eigenvalue weighted by atomic mass is 35.5. The maximum absolute atomic E-state index is 12.6. The van der Waals surface area contributed by atoms with E-state index in [0.717, 1.165) is 28.7 Å². The Balaban J connectivity index is 2.41. The van der Waals surface area contributed by atoms with Crippen molar-refractivity contribution in [2.24, 2.45) is 0 Å². The molecule has 0 spiro atoms. The molecule has 0 aliphatic rings. The fourth-order valence-corrected chi connectivity index (χ4v) is 2.48. The predicted molar refractivity (Wildman–Crippen MR) is 73.3 cm³/mol. The van der Waals surface area contributed by atoms with E-state index in [1.807, 2.05) is 5.40 Å². The van der Waals surface area contributed by atoms with Crippen molar-refractivity contribution in [3.63, 3.8) is 0 Å². The predicted octanol–water partition coefficient (Wildman–Crippen LogP) is 4.31. The molecule has 0 saturated heterocycles. The fraction of sp³-hybridized carbons (Fsp3) is 0.182. The summed E-state index contributed by atoms with van der Waals surface area (Å²) in [5.41, 5.74) is -0.415. The average molecular weight is 353 g/mol. The highest BCUT2D eigenvalue weighted by Gasteiger charge is 2.32. The van der Waals surface area contributed by atoms with Gasteiger partial charge in [0.05, 0.1) is 33.3 Å². The van der Waals surface area contributed by atoms with Crippen LogP contribution in [0.15, 0.2) is 18.3 Å². The first-order valence-corrected chi connectivity index (χ1v) is 7.06. The van der Waals surface area contributed by atoms with Crippen molar-refractivity contribution >= 4 is 35.0 Å². The molecule has 0 N–H and O–H groups in total. The number of nitrogens with zero attached hydrogens (tertiary/aromatic N) is 4. The number of thiocyanates is 1. The zero-order valence-electron chi connectivity index (χ0n) is 10.0. The van der Waals surface area contributed by atoms with Crippen molar-refractivity contribution in [1.29, 1.82) is 5.26 Å². The molecule has 0 fully saturated rings. The Bertz CT molecular complexity index is 685. The summed E-state index contributed by atoms with van der Waals surface area (Å²) in [5.74, 6) is 0.298. The molecule has 0 saturated carbocycles. The summed E-state index contributed by atoms with van der Waals surface area (Å²) in [6.07, 6.45) is -3.16. The van der Waals surface area contributed by atoms with Gasteiger partial charge in [0.25, 0.3) is 0 Å². The van der Waals surface area contributed by atoms with Gasteiger partial charge >= 0.3 is 6.18 Å². The topological polar surface area (TPSA) is 54.5 Å². The third-order valence-electron chi connectivity index (χ3n) is 2.37. The maximum atomic E-state index is 12.6. The SMILES string of the molecule is N#CSCc1cnn(-c2c(Cl)cc(C(F)(F)F)cc2Cl)n1. The van der Waals surface area contributed by atoms with Crippen LogP contribution in [0.3, 0.4) is 0 Å². The van der Waals surface area contributed by atoms with Gasteiger partial charge in [0.2, 0.25) is 0 Å². The second kappa shape index (κ2) is 6.13. The molecule has 1 heterocycles. The zero-order valence-corrected chi connectivity index (χ0v) is 12.4. The number of rotatable bonds is 3. The first-order valence-electron chi connectivity index (χ1n) is 5.31. The molecule has 0 bridgehead atoms. The number of alkyl halides is 3. The molecule has 4 nitrogen and oxygen atoms in total. The van der Waals surface area contributed by atoms with Gasteiger partial charge in [-0.1, -0.05) is 23.2 Å². The van der Waals surface area contributed by atoms with Gasteiger partial charge in [-0.05, 0) is 23.9 Å². The smallest absolute Gasteiger partial charge is 0.185 e. The van der Waals surface area contributed by atoms with E-state index in [0.29, 0.717) is 11.4 Å². The van der Waals surface area contributed by atoms with Crippen molar-refractivity contribution in [2.75, 3.05) is 0 Å². The molecule has 0 unspecified atom stereocenters. The van der Waals surface area contributed by atoms with Gasteiger partial charge in [0.15, 0.2) is 0 Å². The molecule has 21 heavy (non-hydrogen) atoms. The number of aromatic nitrogens is 3. The third kappa shape index (κ3) is 3.61. The van der Waals surface area contributed by atoms with Crippen LogP contribution in [-0.2, 0) is 11.9 Å². The Morgan fingerprint density at radius 1 is 1.29 bits per heavy atom. The summed E-state index contributed by atoms with van der Waals surface area (Å²) in [5, 5.41) is 17.8. The van der Waals surface area contributed by atoms with Crippen LogP contribution in [0.4, 0.5) is 13.2 Å². The monoisotopic (exact) mass is 352 g/mol. The van der Waals surface area contributed by atoms with Crippen LogP contribution in [-0.4, -0.2) is 15.0 Å². The van der Waals surface area contributed by atoms with Gasteiger partial charge in [0.1, 0.15) is 11.1 Å². The second-order valence-corrected chi connectivity index (χ2v) is 5.37. The first-order chi connectivity index (χ1) is 9.82. The van der Waals surface area contributed by atoms with E-state index in [1.54, 1.807) is 0 Å². The normalized spacial score (nSPS) is 11.4. The lowest BCUT2D eigenvalue weighted by Crippen LogP contribution is -2.08. The molecule has 0 aliphatic carbocycles. The lowest BCUT2D eigenvalue weighted by molar-refractivity contribution is -0.137. The molecule has 1 aromatic heterocycles. The molecular weight excluding hydrogens is 348 g/mol. The minimum Gasteiger partial charge on any atom is -0.185 e. The third-order valence-corrected chi connectivity index (χ3v) is 3.51. The van der Waals surface area contributed by atoms with E-state index in [4.69, 9.17) is 28.5 Å². The summed E-state index contributed by atoms with van der Waals surface area (Å²) < 4.78 is 37.9. The van der Waals surface area contributed by atoms with E-state index >= 15 is 0 Å². The van der Waals surface area contributed by atoms with E-state index in [2.05, 4.69) is 10.2 Å². The molecule has 0 aliphatic heterocycles. The second-order valence-electron chi connectivity index (χ2n) is 3.79. The van der Waals surface area contributed by atoms with Crippen molar-refractivity contribution in [3.8, 4) is 11.1 Å². The standard InChI is InChI=1S/C11H5Cl2F3N4S/c12-8-1-6(11(14,15)16)2-9(13)10(8)20-18-3-7(19-20)4-21-5-17/h1-3H,4H2. The van der Waals surface area contributed by atoms with Crippen molar-refractivity contribution in [2.45, 2.75) is 11.9 Å². The van der Waals surface area contributed by atoms with Crippen molar-refractivity contribution in [3.05, 3.63) is 39.6 Å². The highest BCUT2D eigenvalue weighted by molar-refractivity contribution is 8.02. The van der Waals surface area contributed by atoms with Gasteiger partial charge in [-0.2, -0.15) is 28.6 Å². The van der Waals surface area contributed by atoms with E-state index < -0.39 is 11.7 Å². The zero-order chi connectivity index (χ0) is 15.6. The van der Waals surface area contributed by atoms with Crippen LogP contribution in [0.25, 0.3) is 5.69 Å². The Morgan fingerprint density at radius 2 is 1.90 bits per heavy atom.